The first-order chi connectivity index (χ1) is 23.6. The number of alkyl carbamates (subject to hydrolysis) is 1. The van der Waals surface area contributed by atoms with E-state index in [9.17, 15) is 9.59 Å². The summed E-state index contributed by atoms with van der Waals surface area (Å²) < 4.78 is 27.9. The van der Waals surface area contributed by atoms with Gasteiger partial charge in [0.2, 0.25) is 0 Å². The number of hydrogen-bond acceptors (Lipinski definition) is 7. The molecule has 1 amide bonds. The number of nitrogens with one attached hydrogen (secondary N) is 1. The number of hydrogen-bond donors (Lipinski definition) is 1. The highest BCUT2D eigenvalue weighted by Crippen LogP contribution is 2.56. The van der Waals surface area contributed by atoms with Crippen molar-refractivity contribution in [3.8, 4) is 22.6 Å². The zero-order valence-electron chi connectivity index (χ0n) is 28.0. The Kier molecular flexibility index (Phi) is 11.8. The lowest BCUT2D eigenvalue weighted by Gasteiger charge is -2.34. The maximum absolute atomic E-state index is 12.3. The molecule has 1 aliphatic carbocycles. The first kappa shape index (κ1) is 36.1. The van der Waals surface area contributed by atoms with Gasteiger partial charge in [0.15, 0.2) is 0 Å². The van der Waals surface area contributed by atoms with Gasteiger partial charge < -0.3 is 29.0 Å². The Bertz CT molecular complexity index is 1670. The van der Waals surface area contributed by atoms with Crippen LogP contribution in [-0.4, -0.2) is 68.5 Å². The van der Waals surface area contributed by atoms with Gasteiger partial charge in [-0.15, -0.1) is 23.2 Å². The zero-order chi connectivity index (χ0) is 35.0. The van der Waals surface area contributed by atoms with Gasteiger partial charge in [-0.25, -0.2) is 4.79 Å². The molecular weight excluding hydrogens is 665 g/mol. The number of halogens is 2. The number of methoxy groups -OCH3 is 1. The second kappa shape index (κ2) is 16.0. The van der Waals surface area contributed by atoms with Crippen molar-refractivity contribution in [1.29, 1.82) is 0 Å². The van der Waals surface area contributed by atoms with Crippen LogP contribution < -0.4 is 14.8 Å². The summed E-state index contributed by atoms with van der Waals surface area (Å²) in [6.07, 6.45) is -1.63. The van der Waals surface area contributed by atoms with Gasteiger partial charge in [0, 0.05) is 7.11 Å². The molecule has 0 saturated carbocycles. The highest BCUT2D eigenvalue weighted by molar-refractivity contribution is 6.18. The van der Waals surface area contributed by atoms with Crippen LogP contribution in [0.3, 0.4) is 0 Å². The third kappa shape index (κ3) is 8.32. The summed E-state index contributed by atoms with van der Waals surface area (Å²) >= 11 is 12.1. The van der Waals surface area contributed by atoms with E-state index in [-0.39, 0.29) is 25.1 Å². The molecule has 2 unspecified atom stereocenters. The number of ether oxygens (including phenoxy) is 5. The number of amides is 1. The average molecular weight is 707 g/mol. The monoisotopic (exact) mass is 705 g/mol. The van der Waals surface area contributed by atoms with Crippen molar-refractivity contribution in [3.05, 3.63) is 119 Å². The second-order valence-corrected chi connectivity index (χ2v) is 13.3. The number of carbonyl (C=O) groups is 2. The number of rotatable bonds is 14. The SMILES string of the molecule is COC(CCl)COc1ccc(C2(c3ccc(OCC(CCl)OC(=O)CNC(=O)OC(C)(C)C)cc3)c3ccccc3-c3ccccc32)cc1. The number of alkyl halides is 2. The summed E-state index contributed by atoms with van der Waals surface area (Å²) in [5, 5.41) is 2.39. The fourth-order valence-electron chi connectivity index (χ4n) is 5.98. The molecule has 0 fully saturated rings. The first-order valence-electron chi connectivity index (χ1n) is 16.1. The third-order valence-electron chi connectivity index (χ3n) is 8.15. The summed E-state index contributed by atoms with van der Waals surface area (Å²) in [4.78, 5) is 24.2. The minimum atomic E-state index is -0.724. The summed E-state index contributed by atoms with van der Waals surface area (Å²) in [5.74, 6) is 1.03. The molecule has 258 valence electrons. The van der Waals surface area contributed by atoms with Crippen molar-refractivity contribution in [1.82, 2.24) is 5.32 Å². The average Bonchev–Trinajstić information content (AvgIpc) is 3.40. The fourth-order valence-corrected chi connectivity index (χ4v) is 6.34. The predicted molar refractivity (Wildman–Crippen MR) is 191 cm³/mol. The van der Waals surface area contributed by atoms with Crippen LogP contribution in [0.25, 0.3) is 11.1 Å². The van der Waals surface area contributed by atoms with Gasteiger partial charge >= 0.3 is 12.1 Å². The molecule has 0 spiro atoms. The standard InChI is InChI=1S/C39H41Cl2NO7/c1-38(2,3)49-37(44)42-23-36(43)48-31(22-41)25-47-29-19-15-27(16-20-29)39(26-13-17-28(18-14-26)46-24-30(21-40)45-4)34-11-7-5-9-32(34)33-10-6-8-12-35(33)39/h5-20,30-31H,21-25H2,1-4H3,(H,42,44). The third-order valence-corrected chi connectivity index (χ3v) is 8.84. The lowest BCUT2D eigenvalue weighted by molar-refractivity contribution is -0.148. The maximum atomic E-state index is 12.3. The molecule has 4 aromatic carbocycles. The molecule has 49 heavy (non-hydrogen) atoms. The van der Waals surface area contributed by atoms with Crippen molar-refractivity contribution in [2.75, 3.05) is 38.6 Å². The Morgan fingerprint density at radius 1 is 0.714 bits per heavy atom. The largest absolute Gasteiger partial charge is 0.491 e. The van der Waals surface area contributed by atoms with E-state index in [2.05, 4.69) is 78.1 Å². The van der Waals surface area contributed by atoms with E-state index in [4.69, 9.17) is 46.9 Å². The van der Waals surface area contributed by atoms with E-state index in [1.165, 1.54) is 22.3 Å². The Hall–Kier alpha value is -4.24. The topological polar surface area (TPSA) is 92.3 Å². The lowest BCUT2D eigenvalue weighted by Crippen LogP contribution is -2.38. The molecule has 10 heteroatoms. The van der Waals surface area contributed by atoms with Gasteiger partial charge in [-0.3, -0.25) is 4.79 Å². The quantitative estimate of drug-likeness (QED) is 0.0934. The molecule has 1 N–H and O–H groups in total. The van der Waals surface area contributed by atoms with Gasteiger partial charge in [-0.2, -0.15) is 0 Å². The molecular formula is C39H41Cl2NO7. The first-order valence-corrected chi connectivity index (χ1v) is 17.1. The van der Waals surface area contributed by atoms with E-state index >= 15 is 0 Å². The minimum absolute atomic E-state index is 0.0185. The second-order valence-electron chi connectivity index (χ2n) is 12.6. The normalized spacial score (nSPS) is 14.2. The predicted octanol–water partition coefficient (Wildman–Crippen LogP) is 7.74. The molecule has 0 aromatic heterocycles. The maximum Gasteiger partial charge on any atom is 0.408 e. The molecule has 0 saturated heterocycles. The van der Waals surface area contributed by atoms with Crippen molar-refractivity contribution in [2.24, 2.45) is 0 Å². The van der Waals surface area contributed by atoms with Gasteiger partial charge in [-0.05, 0) is 78.4 Å². The van der Waals surface area contributed by atoms with Crippen LogP contribution >= 0.6 is 23.2 Å². The van der Waals surface area contributed by atoms with Gasteiger partial charge in [0.25, 0.3) is 0 Å². The Morgan fingerprint density at radius 2 is 1.18 bits per heavy atom. The van der Waals surface area contributed by atoms with Crippen LogP contribution in [0.4, 0.5) is 4.79 Å². The molecule has 0 radical (unpaired) electrons. The number of esters is 1. The van der Waals surface area contributed by atoms with Crippen molar-refractivity contribution >= 4 is 35.3 Å². The fraction of sp³-hybridized carbons (Fsp3) is 0.333. The zero-order valence-corrected chi connectivity index (χ0v) is 29.6. The Balaban J connectivity index is 1.37. The summed E-state index contributed by atoms with van der Waals surface area (Å²) in [7, 11) is 1.62. The molecule has 0 heterocycles. The highest BCUT2D eigenvalue weighted by Gasteiger charge is 2.45. The lowest BCUT2D eigenvalue weighted by atomic mass is 9.68. The van der Waals surface area contributed by atoms with E-state index in [1.807, 2.05) is 24.3 Å². The van der Waals surface area contributed by atoms with Crippen LogP contribution in [0.15, 0.2) is 97.1 Å². The van der Waals surface area contributed by atoms with E-state index in [0.717, 1.165) is 16.9 Å². The number of fused-ring (bicyclic) bond motifs is 3. The van der Waals surface area contributed by atoms with Crippen molar-refractivity contribution < 1.29 is 33.3 Å². The number of benzene rings is 4. The molecule has 2 atom stereocenters. The van der Waals surface area contributed by atoms with Crippen LogP contribution in [0.1, 0.15) is 43.0 Å². The van der Waals surface area contributed by atoms with E-state index in [0.29, 0.717) is 18.2 Å². The molecule has 4 aromatic rings. The van der Waals surface area contributed by atoms with Crippen LogP contribution in [0.5, 0.6) is 11.5 Å². The van der Waals surface area contributed by atoms with Crippen LogP contribution in [0.2, 0.25) is 0 Å². The minimum Gasteiger partial charge on any atom is -0.491 e. The van der Waals surface area contributed by atoms with Crippen LogP contribution in [-0.2, 0) is 24.4 Å². The Labute approximate surface area is 297 Å². The Morgan fingerprint density at radius 3 is 1.63 bits per heavy atom. The van der Waals surface area contributed by atoms with Crippen molar-refractivity contribution in [2.45, 2.75) is 44.0 Å². The van der Waals surface area contributed by atoms with Crippen molar-refractivity contribution in [3.63, 3.8) is 0 Å². The molecule has 0 aliphatic heterocycles. The number of carbonyl (C=O) groups excluding carboxylic acids is 2. The van der Waals surface area contributed by atoms with Gasteiger partial charge in [-0.1, -0.05) is 72.8 Å². The summed E-state index contributed by atoms with van der Waals surface area (Å²) in [6, 6.07) is 33.1. The molecule has 1 aliphatic rings. The van der Waals surface area contributed by atoms with E-state index < -0.39 is 29.2 Å². The molecule has 8 nitrogen and oxygen atoms in total. The summed E-state index contributed by atoms with van der Waals surface area (Å²) in [6.45, 7) is 5.24. The van der Waals surface area contributed by atoms with Gasteiger partial charge in [0.1, 0.15) is 49.1 Å². The smallest absolute Gasteiger partial charge is 0.408 e. The van der Waals surface area contributed by atoms with E-state index in [1.54, 1.807) is 27.9 Å². The molecule has 5 rings (SSSR count). The highest BCUT2D eigenvalue weighted by atomic mass is 35.5. The van der Waals surface area contributed by atoms with Gasteiger partial charge in [0.05, 0.1) is 17.2 Å². The molecule has 0 bridgehead atoms. The van der Waals surface area contributed by atoms with Crippen LogP contribution in [0, 0.1) is 0 Å². The summed E-state index contributed by atoms with van der Waals surface area (Å²) in [5.41, 5.74) is 5.56.